The largest absolute Gasteiger partial charge is 0.335 e. The lowest BCUT2D eigenvalue weighted by Crippen LogP contribution is -2.48. The molecule has 0 bridgehead atoms. The van der Waals surface area contributed by atoms with Crippen LogP contribution in [0.25, 0.3) is 0 Å². The van der Waals surface area contributed by atoms with Gasteiger partial charge in [-0.1, -0.05) is 6.07 Å². The van der Waals surface area contributed by atoms with E-state index in [4.69, 9.17) is 0 Å². The van der Waals surface area contributed by atoms with E-state index in [9.17, 15) is 9.59 Å². The molecule has 122 valence electrons. The van der Waals surface area contributed by atoms with Crippen LogP contribution in [0.5, 0.6) is 0 Å². The lowest BCUT2D eigenvalue weighted by Gasteiger charge is -2.34. The van der Waals surface area contributed by atoms with Crippen molar-refractivity contribution in [3.8, 4) is 0 Å². The van der Waals surface area contributed by atoms with E-state index in [0.29, 0.717) is 5.13 Å². The van der Waals surface area contributed by atoms with E-state index in [1.807, 2.05) is 27.8 Å². The standard InChI is InChI=1S/C15H18N4O2S2/c1-11(20)16-15-17-12(10-23-15)9-18-4-6-19(7-5-18)14(21)13-3-2-8-22-13/h2-3,8,10H,4-7,9H2,1H3,(H,16,17,20). The highest BCUT2D eigenvalue weighted by atomic mass is 32.1. The van der Waals surface area contributed by atoms with Crippen LogP contribution in [0, 0.1) is 0 Å². The van der Waals surface area contributed by atoms with Gasteiger partial charge in [0.25, 0.3) is 5.91 Å². The number of thiazole rings is 1. The normalized spacial score (nSPS) is 15.6. The van der Waals surface area contributed by atoms with E-state index < -0.39 is 0 Å². The van der Waals surface area contributed by atoms with Crippen molar-refractivity contribution in [1.82, 2.24) is 14.8 Å². The first kappa shape index (κ1) is 16.1. The van der Waals surface area contributed by atoms with Crippen molar-refractivity contribution < 1.29 is 9.59 Å². The van der Waals surface area contributed by atoms with E-state index in [1.54, 1.807) is 0 Å². The molecule has 0 aliphatic carbocycles. The third kappa shape index (κ3) is 4.15. The van der Waals surface area contributed by atoms with Gasteiger partial charge >= 0.3 is 0 Å². The van der Waals surface area contributed by atoms with Gasteiger partial charge in [0, 0.05) is 45.0 Å². The van der Waals surface area contributed by atoms with Gasteiger partial charge in [0.1, 0.15) is 0 Å². The number of thiophene rings is 1. The number of rotatable bonds is 4. The van der Waals surface area contributed by atoms with Gasteiger partial charge in [-0.25, -0.2) is 4.98 Å². The van der Waals surface area contributed by atoms with Gasteiger partial charge in [0.2, 0.25) is 5.91 Å². The Bertz CT molecular complexity index is 675. The van der Waals surface area contributed by atoms with Crippen molar-refractivity contribution in [2.45, 2.75) is 13.5 Å². The average molecular weight is 350 g/mol. The van der Waals surface area contributed by atoms with Gasteiger partial charge in [0.05, 0.1) is 10.6 Å². The summed E-state index contributed by atoms with van der Waals surface area (Å²) in [6, 6.07) is 3.78. The monoisotopic (exact) mass is 350 g/mol. The minimum absolute atomic E-state index is 0.105. The highest BCUT2D eigenvalue weighted by Crippen LogP contribution is 2.18. The van der Waals surface area contributed by atoms with Crippen LogP contribution in [0.15, 0.2) is 22.9 Å². The zero-order chi connectivity index (χ0) is 16.2. The summed E-state index contributed by atoms with van der Waals surface area (Å²) < 4.78 is 0. The van der Waals surface area contributed by atoms with Crippen molar-refractivity contribution in [3.05, 3.63) is 33.5 Å². The molecule has 2 amide bonds. The summed E-state index contributed by atoms with van der Waals surface area (Å²) in [7, 11) is 0. The van der Waals surface area contributed by atoms with E-state index in [-0.39, 0.29) is 11.8 Å². The smallest absolute Gasteiger partial charge is 0.264 e. The van der Waals surface area contributed by atoms with Gasteiger partial charge in [-0.15, -0.1) is 22.7 Å². The molecule has 6 nitrogen and oxygen atoms in total. The van der Waals surface area contributed by atoms with E-state index in [0.717, 1.165) is 43.3 Å². The van der Waals surface area contributed by atoms with Gasteiger partial charge in [-0.2, -0.15) is 0 Å². The lowest BCUT2D eigenvalue weighted by molar-refractivity contribution is -0.114. The summed E-state index contributed by atoms with van der Waals surface area (Å²) >= 11 is 2.93. The molecule has 0 unspecified atom stereocenters. The molecule has 1 aliphatic rings. The molecule has 23 heavy (non-hydrogen) atoms. The first-order valence-corrected chi connectivity index (χ1v) is 9.15. The second kappa shape index (κ2) is 7.20. The Labute approximate surface area is 142 Å². The Morgan fingerprint density at radius 3 is 2.70 bits per heavy atom. The van der Waals surface area contributed by atoms with Crippen molar-refractivity contribution in [1.29, 1.82) is 0 Å². The van der Waals surface area contributed by atoms with Crippen LogP contribution in [0.1, 0.15) is 22.3 Å². The third-order valence-corrected chi connectivity index (χ3v) is 5.28. The van der Waals surface area contributed by atoms with Crippen molar-refractivity contribution >= 4 is 39.6 Å². The maximum Gasteiger partial charge on any atom is 0.264 e. The van der Waals surface area contributed by atoms with Crippen LogP contribution in [0.2, 0.25) is 0 Å². The number of nitrogens with zero attached hydrogens (tertiary/aromatic N) is 3. The van der Waals surface area contributed by atoms with Gasteiger partial charge in [-0.3, -0.25) is 14.5 Å². The van der Waals surface area contributed by atoms with Gasteiger partial charge in [0.15, 0.2) is 5.13 Å². The highest BCUT2D eigenvalue weighted by molar-refractivity contribution is 7.14. The summed E-state index contributed by atoms with van der Waals surface area (Å²) in [5.74, 6) is 0.0212. The van der Waals surface area contributed by atoms with E-state index >= 15 is 0 Å². The summed E-state index contributed by atoms with van der Waals surface area (Å²) in [5, 5.41) is 7.23. The van der Waals surface area contributed by atoms with Crippen LogP contribution in [-0.2, 0) is 11.3 Å². The van der Waals surface area contributed by atoms with Gasteiger partial charge in [-0.05, 0) is 11.4 Å². The molecule has 2 aromatic heterocycles. The Balaban J connectivity index is 1.50. The number of anilines is 1. The fraction of sp³-hybridized carbons (Fsp3) is 0.400. The Hall–Kier alpha value is -1.77. The van der Waals surface area contributed by atoms with Crippen molar-refractivity contribution in [3.63, 3.8) is 0 Å². The fourth-order valence-corrected chi connectivity index (χ4v) is 3.92. The molecule has 8 heteroatoms. The molecule has 1 saturated heterocycles. The number of nitrogens with one attached hydrogen (secondary N) is 1. The minimum atomic E-state index is -0.105. The van der Waals surface area contributed by atoms with Gasteiger partial charge < -0.3 is 10.2 Å². The molecule has 1 aliphatic heterocycles. The fourth-order valence-electron chi connectivity index (χ4n) is 2.48. The van der Waals surface area contributed by atoms with Crippen molar-refractivity contribution in [2.24, 2.45) is 0 Å². The molecule has 0 aromatic carbocycles. The predicted octanol–water partition coefficient (Wildman–Crippen LogP) is 2.12. The van der Waals surface area contributed by atoms with Crippen LogP contribution in [0.3, 0.4) is 0 Å². The van der Waals surface area contributed by atoms with Crippen LogP contribution >= 0.6 is 22.7 Å². The lowest BCUT2D eigenvalue weighted by atomic mass is 10.3. The van der Waals surface area contributed by atoms with Crippen LogP contribution < -0.4 is 5.32 Å². The second-order valence-electron chi connectivity index (χ2n) is 5.37. The Kier molecular flexibility index (Phi) is 5.04. The molecule has 0 spiro atoms. The number of hydrogen-bond donors (Lipinski definition) is 1. The molecular weight excluding hydrogens is 332 g/mol. The molecule has 1 fully saturated rings. The molecule has 0 atom stereocenters. The minimum Gasteiger partial charge on any atom is -0.335 e. The Morgan fingerprint density at radius 1 is 1.26 bits per heavy atom. The maximum atomic E-state index is 12.3. The number of carbonyl (C=O) groups is 2. The zero-order valence-electron chi connectivity index (χ0n) is 12.8. The molecule has 2 aromatic rings. The first-order chi connectivity index (χ1) is 11.1. The zero-order valence-corrected chi connectivity index (χ0v) is 14.5. The summed E-state index contributed by atoms with van der Waals surface area (Å²) in [6.45, 7) is 5.37. The average Bonchev–Trinajstić information content (AvgIpc) is 3.19. The molecule has 0 saturated carbocycles. The molecule has 0 radical (unpaired) electrons. The second-order valence-corrected chi connectivity index (χ2v) is 7.18. The number of hydrogen-bond acceptors (Lipinski definition) is 6. The summed E-state index contributed by atoms with van der Waals surface area (Å²) in [4.78, 5) is 32.7. The number of piperazine rings is 1. The maximum absolute atomic E-state index is 12.3. The number of amides is 2. The Morgan fingerprint density at radius 2 is 2.04 bits per heavy atom. The SMILES string of the molecule is CC(=O)Nc1nc(CN2CCN(C(=O)c3cccs3)CC2)cs1. The quantitative estimate of drug-likeness (QED) is 0.917. The van der Waals surface area contributed by atoms with E-state index in [2.05, 4.69) is 15.2 Å². The van der Waals surface area contributed by atoms with E-state index in [1.165, 1.54) is 29.6 Å². The number of aromatic nitrogens is 1. The topological polar surface area (TPSA) is 65.5 Å². The van der Waals surface area contributed by atoms with Crippen molar-refractivity contribution in [2.75, 3.05) is 31.5 Å². The van der Waals surface area contributed by atoms with Crippen LogP contribution in [-0.4, -0.2) is 52.8 Å². The number of carbonyl (C=O) groups excluding carboxylic acids is 2. The third-order valence-electron chi connectivity index (χ3n) is 3.61. The predicted molar refractivity (Wildman–Crippen MR) is 91.9 cm³/mol. The summed E-state index contributed by atoms with van der Waals surface area (Å²) in [6.07, 6.45) is 0. The highest BCUT2D eigenvalue weighted by Gasteiger charge is 2.23. The molecular formula is C15H18N4O2S2. The molecule has 3 rings (SSSR count). The molecule has 1 N–H and O–H groups in total. The van der Waals surface area contributed by atoms with Crippen LogP contribution in [0.4, 0.5) is 5.13 Å². The molecule has 3 heterocycles. The first-order valence-electron chi connectivity index (χ1n) is 7.39. The summed E-state index contributed by atoms with van der Waals surface area (Å²) in [5.41, 5.74) is 0.955.